The summed E-state index contributed by atoms with van der Waals surface area (Å²) in [4.78, 5) is 24.1. The molecule has 37 heavy (non-hydrogen) atoms. The van der Waals surface area contributed by atoms with Gasteiger partial charge in [0.2, 0.25) is 5.91 Å². The fourth-order valence-corrected chi connectivity index (χ4v) is 4.59. The Bertz CT molecular complexity index is 1260. The van der Waals surface area contributed by atoms with Gasteiger partial charge in [-0.15, -0.1) is 0 Å². The maximum absolute atomic E-state index is 12.4. The van der Waals surface area contributed by atoms with Crippen LogP contribution in [0.15, 0.2) is 28.8 Å². The zero-order valence-electron chi connectivity index (χ0n) is 21.7. The number of aryl methyl sites for hydroxylation is 2. The van der Waals surface area contributed by atoms with Gasteiger partial charge in [-0.05, 0) is 52.8 Å². The van der Waals surface area contributed by atoms with Crippen molar-refractivity contribution in [3.8, 4) is 28.4 Å². The number of carbonyl (C=O) groups is 1. The van der Waals surface area contributed by atoms with E-state index in [1.807, 2.05) is 49.9 Å². The number of anilines is 1. The van der Waals surface area contributed by atoms with Crippen LogP contribution in [0.3, 0.4) is 0 Å². The fourth-order valence-electron chi connectivity index (χ4n) is 4.59. The van der Waals surface area contributed by atoms with E-state index in [1.54, 1.807) is 7.05 Å². The molecule has 1 saturated carbocycles. The van der Waals surface area contributed by atoms with Crippen molar-refractivity contribution >= 4 is 11.7 Å². The van der Waals surface area contributed by atoms with Crippen molar-refractivity contribution in [1.29, 1.82) is 0 Å². The lowest BCUT2D eigenvalue weighted by atomic mass is 10.0. The van der Waals surface area contributed by atoms with Crippen molar-refractivity contribution in [2.45, 2.75) is 45.8 Å². The third-order valence-corrected chi connectivity index (χ3v) is 6.85. The van der Waals surface area contributed by atoms with E-state index in [9.17, 15) is 9.90 Å². The van der Waals surface area contributed by atoms with Crippen molar-refractivity contribution < 1.29 is 19.2 Å². The van der Waals surface area contributed by atoms with E-state index in [0.29, 0.717) is 37.0 Å². The monoisotopic (exact) mass is 506 g/mol. The number of aliphatic hydroxyl groups excluding tert-OH is 1. The Balaban J connectivity index is 1.43. The summed E-state index contributed by atoms with van der Waals surface area (Å²) in [6, 6.07) is 7.66. The first-order valence-corrected chi connectivity index (χ1v) is 12.8. The van der Waals surface area contributed by atoms with Gasteiger partial charge in [0.15, 0.2) is 5.82 Å². The van der Waals surface area contributed by atoms with Crippen molar-refractivity contribution in [1.82, 2.24) is 25.3 Å². The standard InChI is InChI=1S/C27H34N6O4/c1-15-24(23-16(2)32-37-17(23)3)30-26(19-6-5-7-22(10-19)36-14-21(34)11-28-4)31-25(15)29-20-12-33(13-20)27(35)18-8-9-18/h5-7,10,18,20-21,28,34H,8-9,11-14H2,1-4H3,(H,29,30,31). The van der Waals surface area contributed by atoms with Crippen molar-refractivity contribution in [3.05, 3.63) is 41.3 Å². The predicted molar refractivity (Wildman–Crippen MR) is 139 cm³/mol. The summed E-state index contributed by atoms with van der Waals surface area (Å²) in [6.45, 7) is 7.73. The molecule has 0 bridgehead atoms. The zero-order valence-corrected chi connectivity index (χ0v) is 21.7. The van der Waals surface area contributed by atoms with E-state index >= 15 is 0 Å². The molecule has 1 unspecified atom stereocenters. The molecular weight excluding hydrogens is 472 g/mol. The zero-order chi connectivity index (χ0) is 26.1. The van der Waals surface area contributed by atoms with Crippen molar-refractivity contribution in [3.63, 3.8) is 0 Å². The van der Waals surface area contributed by atoms with Crippen LogP contribution in [-0.2, 0) is 4.79 Å². The molecule has 2 fully saturated rings. The minimum absolute atomic E-state index is 0.130. The van der Waals surface area contributed by atoms with Gasteiger partial charge in [0.25, 0.3) is 0 Å². The molecule has 1 aromatic carbocycles. The Morgan fingerprint density at radius 3 is 2.70 bits per heavy atom. The molecule has 1 atom stereocenters. The van der Waals surface area contributed by atoms with Gasteiger partial charge in [-0.2, -0.15) is 0 Å². The Labute approximate surface area is 216 Å². The third-order valence-electron chi connectivity index (χ3n) is 6.85. The van der Waals surface area contributed by atoms with Gasteiger partial charge in [0.05, 0.1) is 23.0 Å². The molecule has 1 saturated heterocycles. The first kappa shape index (κ1) is 25.2. The maximum Gasteiger partial charge on any atom is 0.225 e. The molecule has 0 radical (unpaired) electrons. The van der Waals surface area contributed by atoms with Crippen LogP contribution in [0.2, 0.25) is 0 Å². The highest BCUT2D eigenvalue weighted by atomic mass is 16.5. The average molecular weight is 507 g/mol. The van der Waals surface area contributed by atoms with E-state index in [4.69, 9.17) is 19.2 Å². The van der Waals surface area contributed by atoms with E-state index in [-0.39, 0.29) is 24.5 Å². The number of hydrogen-bond acceptors (Lipinski definition) is 9. The fraction of sp³-hybridized carbons (Fsp3) is 0.481. The summed E-state index contributed by atoms with van der Waals surface area (Å²) in [7, 11) is 1.78. The molecule has 2 aromatic heterocycles. The SMILES string of the molecule is CNCC(O)COc1cccc(-c2nc(NC3CN(C(=O)C4CC4)C3)c(C)c(-c3c(C)noc3C)n2)c1. The lowest BCUT2D eigenvalue weighted by Gasteiger charge is -2.40. The van der Waals surface area contributed by atoms with Gasteiger partial charge in [0, 0.05) is 36.7 Å². The van der Waals surface area contributed by atoms with Crippen LogP contribution < -0.4 is 15.4 Å². The summed E-state index contributed by atoms with van der Waals surface area (Å²) in [6.07, 6.45) is 1.42. The number of likely N-dealkylation sites (N-methyl/N-ethyl adjacent to an activating group) is 1. The van der Waals surface area contributed by atoms with Gasteiger partial charge >= 0.3 is 0 Å². The molecule has 1 amide bonds. The number of nitrogens with zero attached hydrogens (tertiary/aromatic N) is 4. The van der Waals surface area contributed by atoms with Crippen LogP contribution in [0.4, 0.5) is 5.82 Å². The number of aromatic nitrogens is 3. The number of ether oxygens (including phenoxy) is 1. The number of nitrogens with one attached hydrogen (secondary N) is 2. The van der Waals surface area contributed by atoms with E-state index in [1.165, 1.54) is 0 Å². The number of amides is 1. The van der Waals surface area contributed by atoms with Crippen LogP contribution in [0.5, 0.6) is 5.75 Å². The Morgan fingerprint density at radius 1 is 1.24 bits per heavy atom. The third kappa shape index (κ3) is 5.45. The Kier molecular flexibility index (Phi) is 7.12. The van der Waals surface area contributed by atoms with Crippen molar-refractivity contribution in [2.75, 3.05) is 38.6 Å². The molecule has 1 aliphatic heterocycles. The molecule has 10 heteroatoms. The minimum atomic E-state index is -0.611. The summed E-state index contributed by atoms with van der Waals surface area (Å²) in [5, 5.41) is 20.6. The molecule has 3 N–H and O–H groups in total. The second kappa shape index (κ2) is 10.5. The highest BCUT2D eigenvalue weighted by Gasteiger charge is 2.39. The normalized spacial score (nSPS) is 16.4. The van der Waals surface area contributed by atoms with E-state index in [2.05, 4.69) is 15.8 Å². The molecule has 3 heterocycles. The summed E-state index contributed by atoms with van der Waals surface area (Å²) >= 11 is 0. The Morgan fingerprint density at radius 2 is 2.03 bits per heavy atom. The number of likely N-dealkylation sites (tertiary alicyclic amines) is 1. The number of benzene rings is 1. The summed E-state index contributed by atoms with van der Waals surface area (Å²) in [5.41, 5.74) is 4.05. The van der Waals surface area contributed by atoms with Gasteiger partial charge < -0.3 is 29.9 Å². The molecule has 196 valence electrons. The number of rotatable bonds is 10. The number of aliphatic hydroxyl groups is 1. The molecule has 5 rings (SSSR count). The average Bonchev–Trinajstić information content (AvgIpc) is 3.66. The molecule has 1 aliphatic carbocycles. The first-order valence-electron chi connectivity index (χ1n) is 12.8. The van der Waals surface area contributed by atoms with Crippen molar-refractivity contribution in [2.24, 2.45) is 5.92 Å². The van der Waals surface area contributed by atoms with Gasteiger partial charge in [-0.25, -0.2) is 9.97 Å². The van der Waals surface area contributed by atoms with Gasteiger partial charge in [-0.3, -0.25) is 4.79 Å². The highest BCUT2D eigenvalue weighted by Crippen LogP contribution is 2.35. The number of hydrogen-bond donors (Lipinski definition) is 3. The first-order chi connectivity index (χ1) is 17.8. The molecular formula is C27H34N6O4. The molecule has 2 aliphatic rings. The molecule has 10 nitrogen and oxygen atoms in total. The van der Waals surface area contributed by atoms with Gasteiger partial charge in [0.1, 0.15) is 30.0 Å². The summed E-state index contributed by atoms with van der Waals surface area (Å²) < 4.78 is 11.2. The van der Waals surface area contributed by atoms with Crippen LogP contribution in [0, 0.1) is 26.7 Å². The van der Waals surface area contributed by atoms with E-state index < -0.39 is 6.10 Å². The van der Waals surface area contributed by atoms with Crippen LogP contribution in [0.25, 0.3) is 22.6 Å². The largest absolute Gasteiger partial charge is 0.491 e. The van der Waals surface area contributed by atoms with Crippen LogP contribution in [-0.4, -0.2) is 76.5 Å². The second-order valence-electron chi connectivity index (χ2n) is 9.98. The minimum Gasteiger partial charge on any atom is -0.491 e. The lowest BCUT2D eigenvalue weighted by molar-refractivity contribution is -0.136. The summed E-state index contributed by atoms with van der Waals surface area (Å²) in [5.74, 6) is 3.07. The molecule has 0 spiro atoms. The van der Waals surface area contributed by atoms with Gasteiger partial charge in [-0.1, -0.05) is 17.3 Å². The van der Waals surface area contributed by atoms with E-state index in [0.717, 1.165) is 46.7 Å². The number of carbonyl (C=O) groups excluding carboxylic acids is 1. The Hall–Kier alpha value is -3.50. The topological polar surface area (TPSA) is 126 Å². The maximum atomic E-state index is 12.4. The second-order valence-corrected chi connectivity index (χ2v) is 9.98. The smallest absolute Gasteiger partial charge is 0.225 e. The highest BCUT2D eigenvalue weighted by molar-refractivity contribution is 5.82. The van der Waals surface area contributed by atoms with Crippen LogP contribution in [0.1, 0.15) is 29.9 Å². The lowest BCUT2D eigenvalue weighted by Crippen LogP contribution is -2.57. The molecule has 3 aromatic rings. The predicted octanol–water partition coefficient (Wildman–Crippen LogP) is 2.72. The quantitative estimate of drug-likeness (QED) is 0.380. The van der Waals surface area contributed by atoms with Crippen LogP contribution >= 0.6 is 0 Å².